The van der Waals surface area contributed by atoms with Gasteiger partial charge in [-0.3, -0.25) is 0 Å². The van der Waals surface area contributed by atoms with E-state index < -0.39 is 11.6 Å². The molecule has 4 rings (SSSR count). The molecule has 0 radical (unpaired) electrons. The third-order valence-corrected chi connectivity index (χ3v) is 6.57. The molecule has 0 bridgehead atoms. The molecule has 10 heteroatoms. The van der Waals surface area contributed by atoms with Gasteiger partial charge in [0.25, 0.3) is 0 Å². The van der Waals surface area contributed by atoms with Crippen LogP contribution in [0.15, 0.2) is 48.7 Å². The van der Waals surface area contributed by atoms with Gasteiger partial charge in [0.05, 0.1) is 11.6 Å². The summed E-state index contributed by atoms with van der Waals surface area (Å²) in [4.78, 5) is 18.8. The van der Waals surface area contributed by atoms with E-state index in [1.165, 1.54) is 0 Å². The summed E-state index contributed by atoms with van der Waals surface area (Å²) in [5.41, 5.74) is 8.24. The number of nitrogen functional groups attached to an aromatic ring is 1. The third-order valence-electron chi connectivity index (χ3n) is 6.16. The normalized spacial score (nSPS) is 14.4. The molecule has 1 aliphatic rings. The van der Waals surface area contributed by atoms with Crippen molar-refractivity contribution in [3.8, 4) is 16.9 Å². The first-order valence-corrected chi connectivity index (χ1v) is 12.0. The van der Waals surface area contributed by atoms with Crippen molar-refractivity contribution in [3.63, 3.8) is 0 Å². The van der Waals surface area contributed by atoms with Crippen LogP contribution in [-0.2, 0) is 6.42 Å². The van der Waals surface area contributed by atoms with E-state index in [-0.39, 0.29) is 41.5 Å². The van der Waals surface area contributed by atoms with Crippen molar-refractivity contribution < 1.29 is 18.3 Å². The number of aromatic nitrogens is 1. The van der Waals surface area contributed by atoms with E-state index in [4.69, 9.17) is 22.1 Å². The number of piperidine rings is 1. The highest BCUT2D eigenvalue weighted by Gasteiger charge is 2.18. The number of hydrogen-bond acceptors (Lipinski definition) is 5. The Bertz CT molecular complexity index is 1220. The molecule has 0 atom stereocenters. The van der Waals surface area contributed by atoms with Crippen LogP contribution >= 0.6 is 11.6 Å². The fraction of sp³-hybridized carbons (Fsp3) is 0.308. The second-order valence-electron chi connectivity index (χ2n) is 8.78. The van der Waals surface area contributed by atoms with E-state index in [9.17, 15) is 13.6 Å². The van der Waals surface area contributed by atoms with Gasteiger partial charge in [-0.2, -0.15) is 0 Å². The van der Waals surface area contributed by atoms with Crippen molar-refractivity contribution >= 4 is 29.1 Å². The molecule has 1 fully saturated rings. The van der Waals surface area contributed by atoms with E-state index >= 15 is 0 Å². The van der Waals surface area contributed by atoms with Gasteiger partial charge >= 0.3 is 6.03 Å². The highest BCUT2D eigenvalue weighted by atomic mass is 35.5. The van der Waals surface area contributed by atoms with Gasteiger partial charge in [-0.1, -0.05) is 23.7 Å². The number of halogens is 3. The molecule has 2 heterocycles. The monoisotopic (exact) mass is 515 g/mol. The number of nitrogens with one attached hydrogen (secondary N) is 2. The smallest absolute Gasteiger partial charge is 0.319 e. The zero-order chi connectivity index (χ0) is 25.7. The largest absolute Gasteiger partial charge is 0.489 e. The van der Waals surface area contributed by atoms with Crippen LogP contribution in [0.5, 0.6) is 5.75 Å². The summed E-state index contributed by atoms with van der Waals surface area (Å²) in [6.07, 6.45) is 3.54. The van der Waals surface area contributed by atoms with Crippen LogP contribution in [0, 0.1) is 11.6 Å². The number of pyridine rings is 1. The van der Waals surface area contributed by atoms with Crippen LogP contribution in [0.2, 0.25) is 5.02 Å². The number of amides is 2. The maximum absolute atomic E-state index is 14.0. The van der Waals surface area contributed by atoms with Crippen LogP contribution in [0.4, 0.5) is 25.1 Å². The molecular formula is C26H28ClF2N5O2. The highest BCUT2D eigenvalue weighted by Crippen LogP contribution is 2.29. The van der Waals surface area contributed by atoms with Crippen molar-refractivity contribution in [2.45, 2.75) is 25.3 Å². The summed E-state index contributed by atoms with van der Waals surface area (Å²) in [5, 5.41) is 5.63. The molecule has 1 aromatic heterocycles. The Morgan fingerprint density at radius 2 is 1.83 bits per heavy atom. The average Bonchev–Trinajstić information content (AvgIpc) is 2.86. The molecule has 0 spiro atoms. The Morgan fingerprint density at radius 3 is 2.56 bits per heavy atom. The lowest BCUT2D eigenvalue weighted by Crippen LogP contribution is -2.44. The molecule has 2 aromatic carbocycles. The summed E-state index contributed by atoms with van der Waals surface area (Å²) in [6, 6.07) is 11.0. The van der Waals surface area contributed by atoms with E-state index in [1.54, 1.807) is 24.4 Å². The van der Waals surface area contributed by atoms with Gasteiger partial charge in [-0.15, -0.1) is 0 Å². The second-order valence-corrected chi connectivity index (χ2v) is 9.16. The van der Waals surface area contributed by atoms with Gasteiger partial charge in [0, 0.05) is 35.5 Å². The lowest BCUT2D eigenvalue weighted by Gasteiger charge is -2.29. The molecule has 3 aromatic rings. The number of benzene rings is 2. The fourth-order valence-corrected chi connectivity index (χ4v) is 4.29. The fourth-order valence-electron chi connectivity index (χ4n) is 4.04. The number of nitrogens with zero attached hydrogens (tertiary/aromatic N) is 2. The molecular weight excluding hydrogens is 488 g/mol. The molecule has 0 unspecified atom stereocenters. The van der Waals surface area contributed by atoms with E-state index in [0.717, 1.165) is 49.2 Å². The quantitative estimate of drug-likeness (QED) is 0.381. The number of rotatable bonds is 7. The lowest BCUT2D eigenvalue weighted by atomic mass is 10.1. The summed E-state index contributed by atoms with van der Waals surface area (Å²) in [7, 11) is 2.08. The van der Waals surface area contributed by atoms with Crippen molar-refractivity contribution in [1.29, 1.82) is 0 Å². The van der Waals surface area contributed by atoms with Crippen molar-refractivity contribution in [3.05, 3.63) is 70.9 Å². The zero-order valence-corrected chi connectivity index (χ0v) is 20.6. The Kier molecular flexibility index (Phi) is 8.22. The van der Waals surface area contributed by atoms with Gasteiger partial charge in [0.2, 0.25) is 0 Å². The van der Waals surface area contributed by atoms with Gasteiger partial charge in [-0.05, 0) is 68.9 Å². The standard InChI is InChI=1S/C26H28ClF2N5O2/c1-34-11-8-19(9-12-34)33-26(35)32-18-4-2-16(3-5-18)17-14-23(25(30)31-15-17)36-13-10-20-21(28)6-7-22(29)24(20)27/h2-7,14-15,19H,8-13H2,1H3,(H2,30,31)(H2,32,33,35). The highest BCUT2D eigenvalue weighted by molar-refractivity contribution is 6.31. The molecule has 1 saturated heterocycles. The minimum atomic E-state index is -0.687. The number of ether oxygens (including phenoxy) is 1. The Hall–Kier alpha value is -3.43. The van der Waals surface area contributed by atoms with E-state index in [1.807, 2.05) is 12.1 Å². The summed E-state index contributed by atoms with van der Waals surface area (Å²) in [6.45, 7) is 1.97. The molecule has 0 aliphatic carbocycles. The van der Waals surface area contributed by atoms with Gasteiger partial charge in [0.1, 0.15) is 11.6 Å². The average molecular weight is 516 g/mol. The summed E-state index contributed by atoms with van der Waals surface area (Å²) >= 11 is 5.88. The Morgan fingerprint density at radius 1 is 1.14 bits per heavy atom. The van der Waals surface area contributed by atoms with Crippen LogP contribution in [0.3, 0.4) is 0 Å². The SMILES string of the molecule is CN1CCC(NC(=O)Nc2ccc(-c3cnc(N)c(OCCc4c(F)ccc(F)c4Cl)c3)cc2)CC1. The Labute approximate surface area is 213 Å². The third kappa shape index (κ3) is 6.41. The molecule has 0 saturated carbocycles. The van der Waals surface area contributed by atoms with E-state index in [0.29, 0.717) is 11.4 Å². The van der Waals surface area contributed by atoms with Crippen LogP contribution in [-0.4, -0.2) is 48.7 Å². The number of carbonyl (C=O) groups excluding carboxylic acids is 1. The van der Waals surface area contributed by atoms with Gasteiger partial charge < -0.3 is 26.0 Å². The predicted octanol–water partition coefficient (Wildman–Crippen LogP) is 5.10. The van der Waals surface area contributed by atoms with E-state index in [2.05, 4.69) is 27.6 Å². The molecule has 2 amide bonds. The van der Waals surface area contributed by atoms with Crippen LogP contribution in [0.1, 0.15) is 18.4 Å². The topological polar surface area (TPSA) is 92.5 Å². The zero-order valence-electron chi connectivity index (χ0n) is 19.9. The van der Waals surface area contributed by atoms with Crippen LogP contribution < -0.4 is 21.1 Å². The molecule has 4 N–H and O–H groups in total. The van der Waals surface area contributed by atoms with Gasteiger partial charge in [0.15, 0.2) is 11.6 Å². The number of anilines is 2. The summed E-state index contributed by atoms with van der Waals surface area (Å²) in [5.74, 6) is -0.791. The minimum absolute atomic E-state index is 0.0324. The first kappa shape index (κ1) is 25.7. The van der Waals surface area contributed by atoms with Crippen LogP contribution in [0.25, 0.3) is 11.1 Å². The van der Waals surface area contributed by atoms with Crippen molar-refractivity contribution in [2.24, 2.45) is 0 Å². The first-order chi connectivity index (χ1) is 17.3. The lowest BCUT2D eigenvalue weighted by molar-refractivity contribution is 0.221. The maximum Gasteiger partial charge on any atom is 0.319 e. The Balaban J connectivity index is 1.35. The molecule has 36 heavy (non-hydrogen) atoms. The number of hydrogen-bond donors (Lipinski definition) is 3. The molecule has 190 valence electrons. The second kappa shape index (κ2) is 11.5. The first-order valence-electron chi connectivity index (χ1n) is 11.7. The minimum Gasteiger partial charge on any atom is -0.489 e. The summed E-state index contributed by atoms with van der Waals surface area (Å²) < 4.78 is 33.3. The molecule has 1 aliphatic heterocycles. The maximum atomic E-state index is 14.0. The number of carbonyl (C=O) groups is 1. The number of likely N-dealkylation sites (tertiary alicyclic amines) is 1. The number of urea groups is 1. The molecule has 7 nitrogen and oxygen atoms in total. The number of nitrogens with two attached hydrogens (primary N) is 1. The van der Waals surface area contributed by atoms with Crippen molar-refractivity contribution in [1.82, 2.24) is 15.2 Å². The van der Waals surface area contributed by atoms with Crippen molar-refractivity contribution in [2.75, 3.05) is 37.8 Å². The predicted molar refractivity (Wildman–Crippen MR) is 137 cm³/mol. The van der Waals surface area contributed by atoms with Gasteiger partial charge in [-0.25, -0.2) is 18.6 Å².